The van der Waals surface area contributed by atoms with Crippen LogP contribution in [-0.4, -0.2) is 25.1 Å². The first kappa shape index (κ1) is 21.7. The predicted molar refractivity (Wildman–Crippen MR) is 121 cm³/mol. The number of benzene rings is 2. The van der Waals surface area contributed by atoms with Crippen molar-refractivity contribution in [3.8, 4) is 11.5 Å². The van der Waals surface area contributed by atoms with Crippen LogP contribution in [0.5, 0.6) is 11.5 Å². The van der Waals surface area contributed by atoms with E-state index in [-0.39, 0.29) is 5.91 Å². The lowest BCUT2D eigenvalue weighted by Gasteiger charge is -2.13. The maximum atomic E-state index is 12.8. The van der Waals surface area contributed by atoms with Gasteiger partial charge in [0.25, 0.3) is 5.91 Å². The number of ether oxygens (including phenoxy) is 2. The molecular formula is C21H21BrN2O3S2. The Labute approximate surface area is 187 Å². The molecule has 3 rings (SSSR count). The number of thiazole rings is 1. The highest BCUT2D eigenvalue weighted by Crippen LogP contribution is 2.36. The Morgan fingerprint density at radius 2 is 2.03 bits per heavy atom. The van der Waals surface area contributed by atoms with E-state index in [0.29, 0.717) is 23.6 Å². The Morgan fingerprint density at radius 1 is 1.24 bits per heavy atom. The smallest absolute Gasteiger partial charge is 0.252 e. The number of amides is 1. The van der Waals surface area contributed by atoms with Gasteiger partial charge in [0, 0.05) is 22.6 Å². The van der Waals surface area contributed by atoms with Gasteiger partial charge in [-0.1, -0.05) is 12.1 Å². The molecule has 1 N–H and O–H groups in total. The molecule has 0 radical (unpaired) electrons. The first-order chi connectivity index (χ1) is 14.0. The van der Waals surface area contributed by atoms with Crippen molar-refractivity contribution in [3.05, 3.63) is 68.1 Å². The van der Waals surface area contributed by atoms with Gasteiger partial charge in [0.05, 0.1) is 35.0 Å². The standard InChI is InChI=1S/C21H21BrN2O3S2/c1-13-24-15(11-28-13)12-29-19-7-5-4-6-16(19)21(25)23-10-14-8-17(22)20(27-3)18(9-14)26-2/h4-9,11H,10,12H2,1-3H3,(H,23,25). The molecule has 8 heteroatoms. The lowest BCUT2D eigenvalue weighted by molar-refractivity contribution is 0.0948. The third-order valence-corrected chi connectivity index (χ3v) is 6.64. The first-order valence-corrected chi connectivity index (χ1v) is 11.5. The van der Waals surface area contributed by atoms with Crippen molar-refractivity contribution in [1.29, 1.82) is 0 Å². The van der Waals surface area contributed by atoms with E-state index >= 15 is 0 Å². The van der Waals surface area contributed by atoms with E-state index in [9.17, 15) is 4.79 Å². The van der Waals surface area contributed by atoms with Gasteiger partial charge in [0.1, 0.15) is 0 Å². The van der Waals surface area contributed by atoms with Crippen molar-refractivity contribution < 1.29 is 14.3 Å². The molecule has 0 atom stereocenters. The van der Waals surface area contributed by atoms with Crippen LogP contribution in [0.25, 0.3) is 0 Å². The lowest BCUT2D eigenvalue weighted by Crippen LogP contribution is -2.23. The molecule has 1 amide bonds. The molecule has 0 aliphatic rings. The molecule has 3 aromatic rings. The Morgan fingerprint density at radius 3 is 2.72 bits per heavy atom. The fraction of sp³-hybridized carbons (Fsp3) is 0.238. The van der Waals surface area contributed by atoms with Gasteiger partial charge in [-0.2, -0.15) is 0 Å². The van der Waals surface area contributed by atoms with Crippen LogP contribution < -0.4 is 14.8 Å². The number of carbonyl (C=O) groups is 1. The van der Waals surface area contributed by atoms with Crippen molar-refractivity contribution in [2.45, 2.75) is 24.1 Å². The van der Waals surface area contributed by atoms with E-state index in [0.717, 1.165) is 31.4 Å². The first-order valence-electron chi connectivity index (χ1n) is 8.83. The molecule has 0 aliphatic heterocycles. The summed E-state index contributed by atoms with van der Waals surface area (Å²) in [4.78, 5) is 18.2. The van der Waals surface area contributed by atoms with Crippen LogP contribution in [0.3, 0.4) is 0 Å². The fourth-order valence-corrected chi connectivity index (χ4v) is 5.07. The number of aryl methyl sites for hydroxylation is 1. The lowest BCUT2D eigenvalue weighted by atomic mass is 10.1. The molecule has 0 saturated carbocycles. The summed E-state index contributed by atoms with van der Waals surface area (Å²) in [6.07, 6.45) is 0. The summed E-state index contributed by atoms with van der Waals surface area (Å²) >= 11 is 6.73. The van der Waals surface area contributed by atoms with Crippen LogP contribution >= 0.6 is 39.0 Å². The molecular weight excluding hydrogens is 472 g/mol. The zero-order valence-corrected chi connectivity index (χ0v) is 19.5. The monoisotopic (exact) mass is 492 g/mol. The van der Waals surface area contributed by atoms with Crippen molar-refractivity contribution in [3.63, 3.8) is 0 Å². The number of hydrogen-bond donors (Lipinski definition) is 1. The average molecular weight is 493 g/mol. The summed E-state index contributed by atoms with van der Waals surface area (Å²) in [6.45, 7) is 2.37. The van der Waals surface area contributed by atoms with Gasteiger partial charge in [0.2, 0.25) is 0 Å². The van der Waals surface area contributed by atoms with Crippen molar-refractivity contribution in [1.82, 2.24) is 10.3 Å². The van der Waals surface area contributed by atoms with Crippen LogP contribution in [-0.2, 0) is 12.3 Å². The number of carbonyl (C=O) groups excluding carboxylic acids is 1. The fourth-order valence-electron chi connectivity index (χ4n) is 2.76. The molecule has 0 unspecified atom stereocenters. The van der Waals surface area contributed by atoms with E-state index < -0.39 is 0 Å². The van der Waals surface area contributed by atoms with Crippen molar-refractivity contribution in [2.24, 2.45) is 0 Å². The van der Waals surface area contributed by atoms with Gasteiger partial charge < -0.3 is 14.8 Å². The maximum absolute atomic E-state index is 12.8. The summed E-state index contributed by atoms with van der Waals surface area (Å²) in [7, 11) is 3.18. The Bertz CT molecular complexity index is 1010. The molecule has 0 spiro atoms. The largest absolute Gasteiger partial charge is 0.493 e. The van der Waals surface area contributed by atoms with E-state index in [1.807, 2.05) is 43.3 Å². The molecule has 5 nitrogen and oxygen atoms in total. The molecule has 1 heterocycles. The summed E-state index contributed by atoms with van der Waals surface area (Å²) < 4.78 is 11.5. The average Bonchev–Trinajstić information content (AvgIpc) is 3.15. The minimum absolute atomic E-state index is 0.117. The predicted octanol–water partition coefficient (Wildman–Crippen LogP) is 5.45. The number of rotatable bonds is 8. The molecule has 1 aromatic heterocycles. The van der Waals surface area contributed by atoms with Gasteiger partial charge in [-0.3, -0.25) is 4.79 Å². The highest BCUT2D eigenvalue weighted by molar-refractivity contribution is 9.10. The zero-order chi connectivity index (χ0) is 20.8. The SMILES string of the molecule is COc1cc(CNC(=O)c2ccccc2SCc2csc(C)n2)cc(Br)c1OC. The second-order valence-electron chi connectivity index (χ2n) is 6.14. The second kappa shape index (κ2) is 10.1. The molecule has 0 aliphatic carbocycles. The van der Waals surface area contributed by atoms with Crippen LogP contribution in [0.2, 0.25) is 0 Å². The third kappa shape index (κ3) is 5.52. The quantitative estimate of drug-likeness (QED) is 0.423. The van der Waals surface area contributed by atoms with Crippen LogP contribution in [0, 0.1) is 6.92 Å². The van der Waals surface area contributed by atoms with E-state index in [1.165, 1.54) is 0 Å². The number of thioether (sulfide) groups is 1. The number of aromatic nitrogens is 1. The topological polar surface area (TPSA) is 60.5 Å². The minimum Gasteiger partial charge on any atom is -0.493 e. The normalized spacial score (nSPS) is 10.6. The molecule has 0 saturated heterocycles. The highest BCUT2D eigenvalue weighted by Gasteiger charge is 2.14. The van der Waals surface area contributed by atoms with Gasteiger partial charge in [-0.15, -0.1) is 23.1 Å². The van der Waals surface area contributed by atoms with Gasteiger partial charge in [-0.05, 0) is 52.7 Å². The highest BCUT2D eigenvalue weighted by atomic mass is 79.9. The third-order valence-electron chi connectivity index (χ3n) is 4.12. The Balaban J connectivity index is 1.69. The maximum Gasteiger partial charge on any atom is 0.252 e. The Hall–Kier alpha value is -2.03. The summed E-state index contributed by atoms with van der Waals surface area (Å²) in [5.41, 5.74) is 2.60. The number of hydrogen-bond acceptors (Lipinski definition) is 6. The van der Waals surface area contributed by atoms with E-state index in [1.54, 1.807) is 37.3 Å². The molecule has 0 bridgehead atoms. The van der Waals surface area contributed by atoms with Gasteiger partial charge in [0.15, 0.2) is 11.5 Å². The molecule has 0 fully saturated rings. The van der Waals surface area contributed by atoms with Gasteiger partial charge in [-0.25, -0.2) is 4.98 Å². The second-order valence-corrected chi connectivity index (χ2v) is 9.07. The van der Waals surface area contributed by atoms with Crippen molar-refractivity contribution >= 4 is 44.9 Å². The zero-order valence-electron chi connectivity index (χ0n) is 16.3. The van der Waals surface area contributed by atoms with Crippen LogP contribution in [0.1, 0.15) is 26.6 Å². The summed E-state index contributed by atoms with van der Waals surface area (Å²) in [5, 5.41) is 6.10. The molecule has 152 valence electrons. The van der Waals surface area contributed by atoms with E-state index in [2.05, 4.69) is 31.6 Å². The minimum atomic E-state index is -0.117. The molecule has 2 aromatic carbocycles. The van der Waals surface area contributed by atoms with Gasteiger partial charge >= 0.3 is 0 Å². The number of halogens is 1. The van der Waals surface area contributed by atoms with Crippen LogP contribution in [0.4, 0.5) is 0 Å². The molecule has 29 heavy (non-hydrogen) atoms. The Kier molecular flexibility index (Phi) is 7.57. The number of nitrogens with one attached hydrogen (secondary N) is 1. The number of methoxy groups -OCH3 is 2. The number of nitrogens with zero attached hydrogens (tertiary/aromatic N) is 1. The summed E-state index contributed by atoms with van der Waals surface area (Å²) in [5.74, 6) is 1.85. The van der Waals surface area contributed by atoms with Crippen molar-refractivity contribution in [2.75, 3.05) is 14.2 Å². The van der Waals surface area contributed by atoms with E-state index in [4.69, 9.17) is 9.47 Å². The summed E-state index contributed by atoms with van der Waals surface area (Å²) in [6, 6.07) is 11.4. The van der Waals surface area contributed by atoms with Crippen LogP contribution in [0.15, 0.2) is 51.1 Å².